The monoisotopic (exact) mass is 363 g/mol. The van der Waals surface area contributed by atoms with Crippen molar-refractivity contribution in [1.29, 1.82) is 0 Å². The van der Waals surface area contributed by atoms with Gasteiger partial charge in [-0.2, -0.15) is 13.2 Å². The molecule has 0 radical (unpaired) electrons. The van der Waals surface area contributed by atoms with Crippen LogP contribution in [0.25, 0.3) is 0 Å². The topological polar surface area (TPSA) is 61.6 Å². The molecule has 2 rings (SSSR count). The summed E-state index contributed by atoms with van der Waals surface area (Å²) >= 11 is 5.72. The molecule has 0 amide bonds. The Hall–Kier alpha value is -2.22. The quantitative estimate of drug-likeness (QED) is 0.442. The zero-order valence-electron chi connectivity index (χ0n) is 12.4. The number of halogens is 4. The smallest absolute Gasteiger partial charge is 0.415 e. The fourth-order valence-electron chi connectivity index (χ4n) is 2.11. The van der Waals surface area contributed by atoms with Crippen molar-refractivity contribution in [2.24, 2.45) is 0 Å². The fourth-order valence-corrected chi connectivity index (χ4v) is 2.30. The molecule has 24 heavy (non-hydrogen) atoms. The molecular weight excluding hydrogens is 351 g/mol. The van der Waals surface area contributed by atoms with Crippen LogP contribution < -0.4 is 9.47 Å². The second-order valence-corrected chi connectivity index (χ2v) is 5.49. The molecule has 1 aliphatic carbocycles. The predicted molar refractivity (Wildman–Crippen MR) is 81.6 cm³/mol. The van der Waals surface area contributed by atoms with Crippen LogP contribution in [0.15, 0.2) is 42.5 Å². The van der Waals surface area contributed by atoms with Gasteiger partial charge in [0.2, 0.25) is 5.75 Å². The van der Waals surface area contributed by atoms with E-state index in [1.54, 1.807) is 6.92 Å². The van der Waals surface area contributed by atoms with E-state index in [2.05, 4.69) is 0 Å². The third-order valence-electron chi connectivity index (χ3n) is 3.28. The Balaban J connectivity index is 2.33. The van der Waals surface area contributed by atoms with Crippen molar-refractivity contribution in [3.8, 4) is 11.5 Å². The molecule has 1 aliphatic rings. The van der Waals surface area contributed by atoms with Gasteiger partial charge in [0.15, 0.2) is 4.87 Å². The van der Waals surface area contributed by atoms with Crippen LogP contribution in [0.2, 0.25) is 0 Å². The number of allylic oxidation sites excluding steroid dienone is 2. The Bertz CT molecular complexity index is 690. The summed E-state index contributed by atoms with van der Waals surface area (Å²) in [7, 11) is 0. The van der Waals surface area contributed by atoms with Crippen molar-refractivity contribution in [2.75, 3.05) is 6.61 Å². The number of nitro groups is 1. The van der Waals surface area contributed by atoms with Crippen LogP contribution >= 0.6 is 11.6 Å². The molecule has 0 bridgehead atoms. The number of nitrogens with zero attached hydrogens (tertiary/aromatic N) is 1. The van der Waals surface area contributed by atoms with Crippen LogP contribution in [-0.4, -0.2) is 28.7 Å². The molecule has 130 valence electrons. The molecule has 2 unspecified atom stereocenters. The van der Waals surface area contributed by atoms with E-state index in [9.17, 15) is 23.3 Å². The maximum Gasteiger partial charge on any atom is 0.415 e. The first kappa shape index (κ1) is 18.1. The highest BCUT2D eigenvalue weighted by atomic mass is 35.5. The molecule has 0 heterocycles. The van der Waals surface area contributed by atoms with Crippen LogP contribution in [0.4, 0.5) is 18.9 Å². The van der Waals surface area contributed by atoms with E-state index in [1.807, 2.05) is 0 Å². The van der Waals surface area contributed by atoms with E-state index >= 15 is 0 Å². The molecule has 1 aromatic carbocycles. The zero-order chi connectivity index (χ0) is 18.0. The number of benzene rings is 1. The Morgan fingerprint density at radius 1 is 1.38 bits per heavy atom. The largest absolute Gasteiger partial charge is 0.487 e. The number of ether oxygens (including phenoxy) is 2. The molecule has 9 heteroatoms. The molecule has 2 atom stereocenters. The van der Waals surface area contributed by atoms with Gasteiger partial charge in [0, 0.05) is 12.1 Å². The summed E-state index contributed by atoms with van der Waals surface area (Å²) in [5, 5.41) is 10.9. The lowest BCUT2D eigenvalue weighted by molar-refractivity contribution is -0.385. The fraction of sp³-hybridized carbons (Fsp3) is 0.333. The summed E-state index contributed by atoms with van der Waals surface area (Å²) in [4.78, 5) is 7.55. The van der Waals surface area contributed by atoms with Gasteiger partial charge >= 0.3 is 11.9 Å². The van der Waals surface area contributed by atoms with Crippen LogP contribution in [0.5, 0.6) is 11.5 Å². The summed E-state index contributed by atoms with van der Waals surface area (Å²) in [5.41, 5.74) is -0.309. The first-order valence-corrected chi connectivity index (χ1v) is 7.26. The highest BCUT2D eigenvalue weighted by Gasteiger charge is 2.58. The second kappa shape index (κ2) is 6.72. The third-order valence-corrected chi connectivity index (χ3v) is 3.83. The molecular formula is C15H13ClF3NO4. The van der Waals surface area contributed by atoms with Crippen LogP contribution in [0.1, 0.15) is 6.92 Å². The van der Waals surface area contributed by atoms with E-state index in [0.29, 0.717) is 0 Å². The number of hydrogen-bond donors (Lipinski definition) is 0. The normalized spacial score (nSPS) is 23.1. The summed E-state index contributed by atoms with van der Waals surface area (Å²) in [5.74, 6) is -0.120. The van der Waals surface area contributed by atoms with E-state index in [1.165, 1.54) is 30.4 Å². The molecule has 0 saturated carbocycles. The number of alkyl halides is 4. The van der Waals surface area contributed by atoms with Gasteiger partial charge in [-0.3, -0.25) is 10.1 Å². The first-order valence-electron chi connectivity index (χ1n) is 6.88. The molecule has 0 fully saturated rings. The van der Waals surface area contributed by atoms with E-state index < -0.39 is 22.1 Å². The molecule has 0 N–H and O–H groups in total. The van der Waals surface area contributed by atoms with Gasteiger partial charge in [0.1, 0.15) is 11.9 Å². The molecule has 0 aliphatic heterocycles. The van der Waals surface area contributed by atoms with Crippen LogP contribution in [-0.2, 0) is 0 Å². The summed E-state index contributed by atoms with van der Waals surface area (Å²) in [6.45, 7) is 1.78. The van der Waals surface area contributed by atoms with Gasteiger partial charge < -0.3 is 9.47 Å². The Morgan fingerprint density at radius 3 is 2.67 bits per heavy atom. The second-order valence-electron chi connectivity index (χ2n) is 4.87. The van der Waals surface area contributed by atoms with Gasteiger partial charge in [0.25, 0.3) is 0 Å². The lowest BCUT2D eigenvalue weighted by Gasteiger charge is -2.34. The highest BCUT2D eigenvalue weighted by molar-refractivity contribution is 6.26. The Kier molecular flexibility index (Phi) is 5.08. The lowest BCUT2D eigenvalue weighted by atomic mass is 9.95. The Morgan fingerprint density at radius 2 is 2.08 bits per heavy atom. The van der Waals surface area contributed by atoms with Crippen LogP contribution in [0.3, 0.4) is 0 Å². The predicted octanol–water partition coefficient (Wildman–Crippen LogP) is 4.41. The Labute approximate surface area is 140 Å². The molecule has 0 aromatic heterocycles. The van der Waals surface area contributed by atoms with E-state index in [0.717, 1.165) is 12.1 Å². The number of nitro benzene ring substituents is 1. The molecule has 1 aromatic rings. The number of rotatable bonds is 5. The van der Waals surface area contributed by atoms with Crippen molar-refractivity contribution in [3.63, 3.8) is 0 Å². The van der Waals surface area contributed by atoms with Gasteiger partial charge in [-0.25, -0.2) is 0 Å². The maximum atomic E-state index is 13.2. The third kappa shape index (κ3) is 3.48. The standard InChI is InChI=1S/C15H13ClF3NO4/c1-2-23-12-9-10(6-7-11(12)20(21)22)24-13-5-3-4-8-14(13,16)15(17,18)19/h3-9,13H,2H2,1H3. The van der Waals surface area contributed by atoms with Crippen molar-refractivity contribution >= 4 is 17.3 Å². The van der Waals surface area contributed by atoms with Crippen LogP contribution in [0, 0.1) is 10.1 Å². The highest BCUT2D eigenvalue weighted by Crippen LogP contribution is 2.44. The summed E-state index contributed by atoms with van der Waals surface area (Å²) in [6.07, 6.45) is -1.74. The summed E-state index contributed by atoms with van der Waals surface area (Å²) < 4.78 is 50.2. The van der Waals surface area contributed by atoms with Crippen molar-refractivity contribution < 1.29 is 27.6 Å². The van der Waals surface area contributed by atoms with Crippen molar-refractivity contribution in [2.45, 2.75) is 24.1 Å². The van der Waals surface area contributed by atoms with Gasteiger partial charge in [-0.05, 0) is 19.1 Å². The SMILES string of the molecule is CCOc1cc(OC2C=CC=CC2(Cl)C(F)(F)F)ccc1[N+](=O)[O-]. The van der Waals surface area contributed by atoms with Crippen molar-refractivity contribution in [3.05, 3.63) is 52.6 Å². The zero-order valence-corrected chi connectivity index (χ0v) is 13.2. The molecule has 5 nitrogen and oxygen atoms in total. The lowest BCUT2D eigenvalue weighted by Crippen LogP contribution is -2.50. The molecule has 0 saturated heterocycles. The van der Waals surface area contributed by atoms with Crippen molar-refractivity contribution in [1.82, 2.24) is 0 Å². The minimum absolute atomic E-state index is 0.0247. The number of hydrogen-bond acceptors (Lipinski definition) is 4. The average Bonchev–Trinajstić information content (AvgIpc) is 2.49. The van der Waals surface area contributed by atoms with E-state index in [-0.39, 0.29) is 23.8 Å². The minimum atomic E-state index is -4.75. The maximum absolute atomic E-state index is 13.2. The first-order chi connectivity index (χ1) is 11.2. The minimum Gasteiger partial charge on any atom is -0.487 e. The summed E-state index contributed by atoms with van der Waals surface area (Å²) in [6, 6.07) is 3.47. The van der Waals surface area contributed by atoms with E-state index in [4.69, 9.17) is 21.1 Å². The van der Waals surface area contributed by atoms with Gasteiger partial charge in [-0.15, -0.1) is 11.6 Å². The molecule has 0 spiro atoms. The van der Waals surface area contributed by atoms with Gasteiger partial charge in [0.05, 0.1) is 11.5 Å². The van der Waals surface area contributed by atoms with Gasteiger partial charge in [-0.1, -0.05) is 18.2 Å². The average molecular weight is 364 g/mol.